The molecule has 1 aromatic heterocycles. The normalized spacial score (nSPS) is 27.8. The number of para-hydroxylation sites is 1. The minimum absolute atomic E-state index is 0.292. The molecule has 1 aliphatic rings. The Labute approximate surface area is 112 Å². The van der Waals surface area contributed by atoms with Gasteiger partial charge in [0, 0.05) is 6.04 Å². The first-order valence-electron chi connectivity index (χ1n) is 6.98. The zero-order valence-corrected chi connectivity index (χ0v) is 11.4. The first kappa shape index (κ1) is 12.5. The van der Waals surface area contributed by atoms with Gasteiger partial charge >= 0.3 is 0 Å². The number of nitrogens with two attached hydrogens (primary N) is 1. The van der Waals surface area contributed by atoms with Crippen LogP contribution in [0.5, 0.6) is 0 Å². The summed E-state index contributed by atoms with van der Waals surface area (Å²) in [4.78, 5) is 4.20. The lowest BCUT2D eigenvalue weighted by Gasteiger charge is -2.33. The molecule has 0 aliphatic heterocycles. The molecular weight excluding hydrogens is 241 g/mol. The van der Waals surface area contributed by atoms with Gasteiger partial charge in [0.05, 0.1) is 5.52 Å². The van der Waals surface area contributed by atoms with Crippen LogP contribution in [0.1, 0.15) is 39.2 Å². The highest BCUT2D eigenvalue weighted by molar-refractivity contribution is 5.79. The Morgan fingerprint density at radius 2 is 1.89 bits per heavy atom. The largest absolute Gasteiger partial charge is 0.369 e. The fourth-order valence-electron chi connectivity index (χ4n) is 3.60. The second-order valence-electron chi connectivity index (χ2n) is 6.02. The molecule has 0 saturated heterocycles. The van der Waals surface area contributed by atoms with E-state index < -0.39 is 0 Å². The van der Waals surface area contributed by atoms with Crippen LogP contribution in [0.2, 0.25) is 0 Å². The average Bonchev–Trinajstić information content (AvgIpc) is 2.65. The van der Waals surface area contributed by atoms with Gasteiger partial charge in [-0.2, -0.15) is 0 Å². The van der Waals surface area contributed by atoms with Crippen LogP contribution in [0.3, 0.4) is 0 Å². The first-order valence-corrected chi connectivity index (χ1v) is 6.98. The van der Waals surface area contributed by atoms with E-state index in [1.807, 2.05) is 10.6 Å². The van der Waals surface area contributed by atoms with Gasteiger partial charge in [0.1, 0.15) is 5.52 Å². The molecule has 102 valence electrons. The molecule has 1 heterocycles. The molecule has 3 rings (SSSR count). The number of hydrogen-bond acceptors (Lipinski definition) is 2. The van der Waals surface area contributed by atoms with Gasteiger partial charge in [0.2, 0.25) is 5.95 Å². The fourth-order valence-corrected chi connectivity index (χ4v) is 3.60. The minimum atomic E-state index is -0.292. The monoisotopic (exact) mass is 261 g/mol. The maximum absolute atomic E-state index is 13.8. The maximum Gasteiger partial charge on any atom is 0.201 e. The summed E-state index contributed by atoms with van der Waals surface area (Å²) in [6.45, 7) is 4.55. The van der Waals surface area contributed by atoms with Crippen molar-refractivity contribution in [2.75, 3.05) is 5.73 Å². The average molecular weight is 261 g/mol. The van der Waals surface area contributed by atoms with Crippen LogP contribution in [0.25, 0.3) is 11.0 Å². The van der Waals surface area contributed by atoms with E-state index in [1.165, 1.54) is 12.5 Å². The molecule has 2 aromatic rings. The fraction of sp³-hybridized carbons (Fsp3) is 0.533. The van der Waals surface area contributed by atoms with E-state index in [0.717, 1.165) is 18.4 Å². The Hall–Kier alpha value is -1.58. The summed E-state index contributed by atoms with van der Waals surface area (Å²) in [5.41, 5.74) is 7.25. The van der Waals surface area contributed by atoms with Crippen molar-refractivity contribution < 1.29 is 4.39 Å². The molecular formula is C15H20FN3. The third-order valence-corrected chi connectivity index (χ3v) is 4.22. The Morgan fingerprint density at radius 3 is 2.58 bits per heavy atom. The molecule has 0 radical (unpaired) electrons. The van der Waals surface area contributed by atoms with Gasteiger partial charge in [0.25, 0.3) is 0 Å². The van der Waals surface area contributed by atoms with Crippen LogP contribution >= 0.6 is 0 Å². The quantitative estimate of drug-likeness (QED) is 0.849. The topological polar surface area (TPSA) is 43.8 Å². The predicted molar refractivity (Wildman–Crippen MR) is 75.3 cm³/mol. The Bertz CT molecular complexity index is 595. The Morgan fingerprint density at radius 1 is 1.21 bits per heavy atom. The number of anilines is 1. The van der Waals surface area contributed by atoms with Crippen LogP contribution in [0, 0.1) is 17.7 Å². The van der Waals surface area contributed by atoms with Gasteiger partial charge in [-0.1, -0.05) is 19.9 Å². The Kier molecular flexibility index (Phi) is 2.96. The summed E-state index contributed by atoms with van der Waals surface area (Å²) in [6, 6.07) is 5.41. The molecule has 1 saturated carbocycles. The van der Waals surface area contributed by atoms with Gasteiger partial charge in [-0.15, -0.1) is 0 Å². The van der Waals surface area contributed by atoms with Crippen LogP contribution in [-0.2, 0) is 0 Å². The van der Waals surface area contributed by atoms with E-state index in [0.29, 0.717) is 29.3 Å². The van der Waals surface area contributed by atoms with Crippen molar-refractivity contribution in [2.24, 2.45) is 11.8 Å². The molecule has 19 heavy (non-hydrogen) atoms. The smallest absolute Gasteiger partial charge is 0.201 e. The molecule has 0 spiro atoms. The number of halogens is 1. The van der Waals surface area contributed by atoms with E-state index in [9.17, 15) is 4.39 Å². The highest BCUT2D eigenvalue weighted by Crippen LogP contribution is 2.39. The molecule has 2 unspecified atom stereocenters. The number of benzene rings is 1. The zero-order valence-electron chi connectivity index (χ0n) is 11.4. The zero-order chi connectivity index (χ0) is 13.6. The molecule has 1 aromatic carbocycles. The second kappa shape index (κ2) is 4.51. The van der Waals surface area contributed by atoms with E-state index in [1.54, 1.807) is 6.07 Å². The number of hydrogen-bond donors (Lipinski definition) is 1. The number of imidazole rings is 1. The van der Waals surface area contributed by atoms with Crippen molar-refractivity contribution in [3.8, 4) is 0 Å². The van der Waals surface area contributed by atoms with Crippen molar-refractivity contribution in [3.05, 3.63) is 24.0 Å². The van der Waals surface area contributed by atoms with E-state index in [-0.39, 0.29) is 5.82 Å². The molecule has 3 nitrogen and oxygen atoms in total. The number of aromatic nitrogens is 2. The van der Waals surface area contributed by atoms with Crippen molar-refractivity contribution >= 4 is 17.0 Å². The highest BCUT2D eigenvalue weighted by Gasteiger charge is 2.27. The molecule has 2 atom stereocenters. The van der Waals surface area contributed by atoms with Gasteiger partial charge in [-0.05, 0) is 43.2 Å². The van der Waals surface area contributed by atoms with Crippen LogP contribution in [0.4, 0.5) is 10.3 Å². The SMILES string of the molecule is CC1CC(C)CC(n2c(N)nc3c(F)cccc32)C1. The predicted octanol–water partition coefficient (Wildman–Crippen LogP) is 3.75. The lowest BCUT2D eigenvalue weighted by atomic mass is 9.80. The summed E-state index contributed by atoms with van der Waals surface area (Å²) in [7, 11) is 0. The minimum Gasteiger partial charge on any atom is -0.369 e. The summed E-state index contributed by atoms with van der Waals surface area (Å²) >= 11 is 0. The van der Waals surface area contributed by atoms with Crippen LogP contribution < -0.4 is 5.73 Å². The summed E-state index contributed by atoms with van der Waals surface area (Å²) < 4.78 is 15.8. The first-order chi connectivity index (χ1) is 9.06. The van der Waals surface area contributed by atoms with Crippen LogP contribution in [-0.4, -0.2) is 9.55 Å². The summed E-state index contributed by atoms with van der Waals surface area (Å²) in [6.07, 6.45) is 3.45. The van der Waals surface area contributed by atoms with E-state index in [4.69, 9.17) is 5.73 Å². The lowest BCUT2D eigenvalue weighted by Crippen LogP contribution is -2.23. The van der Waals surface area contributed by atoms with Gasteiger partial charge in [-0.3, -0.25) is 0 Å². The number of nitrogens with zero attached hydrogens (tertiary/aromatic N) is 2. The molecule has 0 amide bonds. The molecule has 1 aliphatic carbocycles. The van der Waals surface area contributed by atoms with Crippen molar-refractivity contribution in [3.63, 3.8) is 0 Å². The molecule has 1 fully saturated rings. The molecule has 4 heteroatoms. The maximum atomic E-state index is 13.8. The second-order valence-corrected chi connectivity index (χ2v) is 6.02. The third-order valence-electron chi connectivity index (χ3n) is 4.22. The molecule has 2 N–H and O–H groups in total. The summed E-state index contributed by atoms with van der Waals surface area (Å²) in [5.74, 6) is 1.50. The van der Waals surface area contributed by atoms with Crippen molar-refractivity contribution in [1.82, 2.24) is 9.55 Å². The Balaban J connectivity index is 2.09. The van der Waals surface area contributed by atoms with Gasteiger partial charge in [0.15, 0.2) is 5.82 Å². The molecule has 0 bridgehead atoms. The lowest BCUT2D eigenvalue weighted by molar-refractivity contribution is 0.226. The van der Waals surface area contributed by atoms with Crippen molar-refractivity contribution in [2.45, 2.75) is 39.2 Å². The highest BCUT2D eigenvalue weighted by atomic mass is 19.1. The van der Waals surface area contributed by atoms with E-state index in [2.05, 4.69) is 18.8 Å². The summed E-state index contributed by atoms with van der Waals surface area (Å²) in [5, 5.41) is 0. The third kappa shape index (κ3) is 2.09. The van der Waals surface area contributed by atoms with Crippen molar-refractivity contribution in [1.29, 1.82) is 0 Å². The number of rotatable bonds is 1. The number of fused-ring (bicyclic) bond motifs is 1. The van der Waals surface area contributed by atoms with Crippen LogP contribution in [0.15, 0.2) is 18.2 Å². The van der Waals surface area contributed by atoms with Gasteiger partial charge < -0.3 is 10.3 Å². The number of nitrogen functional groups attached to an aromatic ring is 1. The standard InChI is InChI=1S/C15H20FN3/c1-9-6-10(2)8-11(7-9)19-13-5-3-4-12(16)14(13)18-15(19)17/h3-5,9-11H,6-8H2,1-2H3,(H2,17,18). The van der Waals surface area contributed by atoms with E-state index >= 15 is 0 Å². The van der Waals surface area contributed by atoms with Gasteiger partial charge in [-0.25, -0.2) is 9.37 Å².